The molecule has 90 valence electrons. The average Bonchev–Trinajstić information content (AvgIpc) is 2.26. The van der Waals surface area contributed by atoms with Gasteiger partial charge in [-0.05, 0) is 25.7 Å². The second kappa shape index (κ2) is 5.80. The molecule has 1 aliphatic carbocycles. The van der Waals surface area contributed by atoms with Gasteiger partial charge in [-0.25, -0.2) is 0 Å². The van der Waals surface area contributed by atoms with Crippen molar-refractivity contribution in [3.05, 3.63) is 0 Å². The SMILES string of the molecule is CCC(CO)(CO)NC1CCCC(N)C1. The van der Waals surface area contributed by atoms with Crippen molar-refractivity contribution < 1.29 is 10.2 Å². The third kappa shape index (κ3) is 3.41. The zero-order valence-electron chi connectivity index (χ0n) is 9.58. The molecule has 0 aromatic rings. The van der Waals surface area contributed by atoms with Crippen LogP contribution in [0.2, 0.25) is 0 Å². The lowest BCUT2D eigenvalue weighted by atomic mass is 9.88. The molecular weight excluding hydrogens is 192 g/mol. The summed E-state index contributed by atoms with van der Waals surface area (Å²) in [6.45, 7) is 1.93. The van der Waals surface area contributed by atoms with Crippen LogP contribution in [0.25, 0.3) is 0 Å². The number of hydrogen-bond acceptors (Lipinski definition) is 4. The van der Waals surface area contributed by atoms with E-state index in [1.165, 1.54) is 0 Å². The molecule has 0 spiro atoms. The molecule has 0 amide bonds. The molecule has 5 N–H and O–H groups in total. The molecule has 4 heteroatoms. The van der Waals surface area contributed by atoms with Crippen LogP contribution < -0.4 is 11.1 Å². The Bertz CT molecular complexity index is 175. The van der Waals surface area contributed by atoms with E-state index in [9.17, 15) is 10.2 Å². The first-order valence-corrected chi connectivity index (χ1v) is 5.91. The van der Waals surface area contributed by atoms with Gasteiger partial charge in [0.2, 0.25) is 0 Å². The molecule has 4 nitrogen and oxygen atoms in total. The van der Waals surface area contributed by atoms with Crippen LogP contribution in [0.3, 0.4) is 0 Å². The van der Waals surface area contributed by atoms with Crippen molar-refractivity contribution in [2.24, 2.45) is 5.73 Å². The molecule has 0 saturated heterocycles. The first-order valence-electron chi connectivity index (χ1n) is 5.91. The van der Waals surface area contributed by atoms with Crippen molar-refractivity contribution in [2.45, 2.75) is 56.7 Å². The number of hydrogen-bond donors (Lipinski definition) is 4. The van der Waals surface area contributed by atoms with Crippen LogP contribution in [0, 0.1) is 0 Å². The largest absolute Gasteiger partial charge is 0.394 e. The van der Waals surface area contributed by atoms with E-state index < -0.39 is 5.54 Å². The average molecular weight is 216 g/mol. The summed E-state index contributed by atoms with van der Waals surface area (Å²) in [7, 11) is 0. The van der Waals surface area contributed by atoms with Gasteiger partial charge in [0.15, 0.2) is 0 Å². The van der Waals surface area contributed by atoms with Gasteiger partial charge in [-0.1, -0.05) is 13.3 Å². The fourth-order valence-electron chi connectivity index (χ4n) is 2.26. The Balaban J connectivity index is 2.49. The Morgan fingerprint density at radius 2 is 2.00 bits per heavy atom. The fraction of sp³-hybridized carbons (Fsp3) is 1.00. The highest BCUT2D eigenvalue weighted by atomic mass is 16.3. The van der Waals surface area contributed by atoms with Crippen molar-refractivity contribution in [1.82, 2.24) is 5.32 Å². The summed E-state index contributed by atoms with van der Waals surface area (Å²) in [4.78, 5) is 0. The Hall–Kier alpha value is -0.160. The van der Waals surface area contributed by atoms with Crippen LogP contribution in [-0.4, -0.2) is 41.0 Å². The second-order valence-electron chi connectivity index (χ2n) is 4.72. The van der Waals surface area contributed by atoms with E-state index in [1.807, 2.05) is 6.92 Å². The van der Waals surface area contributed by atoms with E-state index in [4.69, 9.17) is 5.73 Å². The van der Waals surface area contributed by atoms with Crippen LogP contribution in [0.15, 0.2) is 0 Å². The van der Waals surface area contributed by atoms with Crippen molar-refractivity contribution >= 4 is 0 Å². The van der Waals surface area contributed by atoms with Crippen LogP contribution in [0.4, 0.5) is 0 Å². The molecule has 1 saturated carbocycles. The molecule has 0 bridgehead atoms. The quantitative estimate of drug-likeness (QED) is 0.521. The lowest BCUT2D eigenvalue weighted by Gasteiger charge is -2.37. The van der Waals surface area contributed by atoms with Crippen LogP contribution in [0.5, 0.6) is 0 Å². The predicted octanol–water partition coefficient (Wildman–Crippen LogP) is -0.0207. The minimum absolute atomic E-state index is 0.0221. The molecule has 15 heavy (non-hydrogen) atoms. The zero-order valence-corrected chi connectivity index (χ0v) is 9.58. The third-order valence-electron chi connectivity index (χ3n) is 3.51. The van der Waals surface area contributed by atoms with Crippen LogP contribution in [0.1, 0.15) is 39.0 Å². The molecular formula is C11H24N2O2. The number of nitrogens with two attached hydrogens (primary N) is 1. The Labute approximate surface area is 91.9 Å². The van der Waals surface area contributed by atoms with E-state index in [2.05, 4.69) is 5.32 Å². The van der Waals surface area contributed by atoms with Gasteiger partial charge in [-0.3, -0.25) is 0 Å². The highest BCUT2D eigenvalue weighted by Crippen LogP contribution is 2.20. The lowest BCUT2D eigenvalue weighted by molar-refractivity contribution is 0.0712. The molecule has 0 aromatic heterocycles. The first-order chi connectivity index (χ1) is 7.15. The van der Waals surface area contributed by atoms with E-state index in [0.29, 0.717) is 6.04 Å². The van der Waals surface area contributed by atoms with E-state index in [1.54, 1.807) is 0 Å². The van der Waals surface area contributed by atoms with E-state index >= 15 is 0 Å². The lowest BCUT2D eigenvalue weighted by Crippen LogP contribution is -2.57. The number of aliphatic hydroxyl groups is 2. The minimum Gasteiger partial charge on any atom is -0.394 e. The maximum atomic E-state index is 9.32. The van der Waals surface area contributed by atoms with E-state index in [-0.39, 0.29) is 19.3 Å². The maximum absolute atomic E-state index is 9.32. The van der Waals surface area contributed by atoms with Gasteiger partial charge in [-0.15, -0.1) is 0 Å². The Morgan fingerprint density at radius 3 is 2.47 bits per heavy atom. The zero-order chi connectivity index (χ0) is 11.3. The summed E-state index contributed by atoms with van der Waals surface area (Å²) >= 11 is 0. The van der Waals surface area contributed by atoms with Crippen molar-refractivity contribution in [1.29, 1.82) is 0 Å². The number of nitrogens with one attached hydrogen (secondary N) is 1. The van der Waals surface area contributed by atoms with Gasteiger partial charge in [0.05, 0.1) is 18.8 Å². The molecule has 1 aliphatic rings. The maximum Gasteiger partial charge on any atom is 0.0647 e. The number of rotatable bonds is 5. The fourth-order valence-corrected chi connectivity index (χ4v) is 2.26. The monoisotopic (exact) mass is 216 g/mol. The van der Waals surface area contributed by atoms with Gasteiger partial charge < -0.3 is 21.3 Å². The normalized spacial score (nSPS) is 28.0. The predicted molar refractivity (Wildman–Crippen MR) is 60.6 cm³/mol. The van der Waals surface area contributed by atoms with Crippen LogP contribution in [-0.2, 0) is 0 Å². The summed E-state index contributed by atoms with van der Waals surface area (Å²) < 4.78 is 0. The molecule has 0 heterocycles. The molecule has 0 aromatic carbocycles. The summed E-state index contributed by atoms with van der Waals surface area (Å²) in [5.74, 6) is 0. The topological polar surface area (TPSA) is 78.5 Å². The molecule has 1 rings (SSSR count). The third-order valence-corrected chi connectivity index (χ3v) is 3.51. The van der Waals surface area contributed by atoms with Crippen molar-refractivity contribution in [3.63, 3.8) is 0 Å². The van der Waals surface area contributed by atoms with Crippen molar-refractivity contribution in [2.75, 3.05) is 13.2 Å². The molecule has 1 fully saturated rings. The van der Waals surface area contributed by atoms with Gasteiger partial charge >= 0.3 is 0 Å². The highest BCUT2D eigenvalue weighted by molar-refractivity contribution is 4.91. The molecule has 2 atom stereocenters. The molecule has 0 radical (unpaired) electrons. The van der Waals surface area contributed by atoms with Crippen molar-refractivity contribution in [3.8, 4) is 0 Å². The summed E-state index contributed by atoms with van der Waals surface area (Å²) in [5.41, 5.74) is 5.38. The number of aliphatic hydroxyl groups excluding tert-OH is 2. The summed E-state index contributed by atoms with van der Waals surface area (Å²) in [6.07, 6.45) is 4.99. The smallest absolute Gasteiger partial charge is 0.0647 e. The standard InChI is InChI=1S/C11H24N2O2/c1-2-11(7-14,8-15)13-10-5-3-4-9(12)6-10/h9-10,13-15H,2-8,12H2,1H3. The highest BCUT2D eigenvalue weighted by Gasteiger charge is 2.31. The molecule has 2 unspecified atom stereocenters. The van der Waals surface area contributed by atoms with Gasteiger partial charge in [0, 0.05) is 12.1 Å². The molecule has 0 aliphatic heterocycles. The minimum atomic E-state index is -0.526. The van der Waals surface area contributed by atoms with Crippen LogP contribution >= 0.6 is 0 Å². The van der Waals surface area contributed by atoms with E-state index in [0.717, 1.165) is 32.1 Å². The van der Waals surface area contributed by atoms with Gasteiger partial charge in [0.1, 0.15) is 0 Å². The Morgan fingerprint density at radius 1 is 1.33 bits per heavy atom. The first kappa shape index (κ1) is 12.9. The second-order valence-corrected chi connectivity index (χ2v) is 4.72. The van der Waals surface area contributed by atoms with Gasteiger partial charge in [0.25, 0.3) is 0 Å². The Kier molecular flexibility index (Phi) is 4.99. The van der Waals surface area contributed by atoms with Gasteiger partial charge in [-0.2, -0.15) is 0 Å². The summed E-state index contributed by atoms with van der Waals surface area (Å²) in [6, 6.07) is 0.608. The summed E-state index contributed by atoms with van der Waals surface area (Å²) in [5, 5.41) is 22.0.